The lowest BCUT2D eigenvalue weighted by Gasteiger charge is -2.16. The number of ether oxygens (including phenoxy) is 2. The zero-order valence-electron chi connectivity index (χ0n) is 24.7. The van der Waals surface area contributed by atoms with Crippen molar-refractivity contribution in [2.24, 2.45) is 4.99 Å². The van der Waals surface area contributed by atoms with Crippen LogP contribution in [0.25, 0.3) is 16.8 Å². The quantitative estimate of drug-likeness (QED) is 0.119. The number of rotatable bonds is 8. The molecule has 0 bridgehead atoms. The molecule has 1 heterocycles. The monoisotopic (exact) mass is 710 g/mol. The highest BCUT2D eigenvalue weighted by Gasteiger charge is 2.35. The Kier molecular flexibility index (Phi) is 9.04. The molecule has 5 aromatic rings. The van der Waals surface area contributed by atoms with Gasteiger partial charge in [0.15, 0.2) is 16.7 Å². The fourth-order valence-corrected chi connectivity index (χ4v) is 6.78. The Balaban J connectivity index is 1.33. The maximum atomic E-state index is 13.9. The third-order valence-electron chi connectivity index (χ3n) is 7.24. The zero-order valence-corrected chi connectivity index (χ0v) is 27.7. The molecule has 0 saturated carbocycles. The molecule has 5 aromatic carbocycles. The van der Waals surface area contributed by atoms with E-state index >= 15 is 0 Å². The number of amides is 1. The molecule has 1 fully saturated rings. The number of carbonyl (C=O) groups is 1. The van der Waals surface area contributed by atoms with Crippen molar-refractivity contribution < 1.29 is 14.3 Å². The molecule has 0 N–H and O–H groups in total. The second kappa shape index (κ2) is 13.3. The normalized spacial score (nSPS) is 15.0. The summed E-state index contributed by atoms with van der Waals surface area (Å²) in [5.74, 6) is 1.22. The second-order valence-corrected chi connectivity index (χ2v) is 12.7. The molecule has 0 aromatic heterocycles. The number of thioether (sulfide) groups is 1. The topological polar surface area (TPSA) is 51.1 Å². The molecule has 0 unspecified atom stereocenters. The summed E-state index contributed by atoms with van der Waals surface area (Å²) in [5.41, 5.74) is 5.82. The van der Waals surface area contributed by atoms with Crippen LogP contribution in [0.4, 0.5) is 11.4 Å². The number of aryl methyl sites for hydroxylation is 2. The predicted molar refractivity (Wildman–Crippen MR) is 191 cm³/mol. The standard InChI is InChI=1S/C37H31IN2O3S/c1-4-42-33-21-26(20-32(38)35(33)43-23-28-10-7-9-27-8-5-6-11-31(27)28)22-34-36(41)40(30-18-14-25(3)15-19-30)37(44-34)39-29-16-12-24(2)13-17-29/h5-22H,4,23H2,1-3H3/b34-22-,39-37?. The number of anilines is 1. The molecule has 1 amide bonds. The molecule has 0 radical (unpaired) electrons. The van der Waals surface area contributed by atoms with Crippen LogP contribution in [0.5, 0.6) is 11.5 Å². The van der Waals surface area contributed by atoms with Gasteiger partial charge < -0.3 is 9.47 Å². The minimum absolute atomic E-state index is 0.117. The van der Waals surface area contributed by atoms with Gasteiger partial charge in [0.25, 0.3) is 5.91 Å². The summed E-state index contributed by atoms with van der Waals surface area (Å²) >= 11 is 3.65. The van der Waals surface area contributed by atoms with E-state index in [1.807, 2.05) is 99.6 Å². The van der Waals surface area contributed by atoms with Crippen molar-refractivity contribution >= 4 is 73.7 Å². The Morgan fingerprint density at radius 1 is 0.864 bits per heavy atom. The minimum Gasteiger partial charge on any atom is -0.490 e. The van der Waals surface area contributed by atoms with Crippen LogP contribution < -0.4 is 14.4 Å². The van der Waals surface area contributed by atoms with E-state index in [-0.39, 0.29) is 5.91 Å². The summed E-state index contributed by atoms with van der Waals surface area (Å²) in [6.07, 6.45) is 1.91. The van der Waals surface area contributed by atoms with Gasteiger partial charge in [0, 0.05) is 0 Å². The van der Waals surface area contributed by atoms with Gasteiger partial charge in [-0.15, -0.1) is 0 Å². The Morgan fingerprint density at radius 3 is 2.32 bits per heavy atom. The number of hydrogen-bond donors (Lipinski definition) is 0. The van der Waals surface area contributed by atoms with E-state index < -0.39 is 0 Å². The number of amidine groups is 1. The first-order valence-electron chi connectivity index (χ1n) is 14.4. The smallest absolute Gasteiger partial charge is 0.271 e. The summed E-state index contributed by atoms with van der Waals surface area (Å²) in [5, 5.41) is 2.96. The molecule has 1 aliphatic rings. The number of halogens is 1. The Labute approximate surface area is 275 Å². The lowest BCUT2D eigenvalue weighted by Crippen LogP contribution is -2.28. The van der Waals surface area contributed by atoms with Crippen LogP contribution in [0, 0.1) is 17.4 Å². The molecule has 5 nitrogen and oxygen atoms in total. The maximum Gasteiger partial charge on any atom is 0.271 e. The van der Waals surface area contributed by atoms with Crippen LogP contribution in [-0.4, -0.2) is 17.7 Å². The van der Waals surface area contributed by atoms with Crippen LogP contribution in [0.2, 0.25) is 0 Å². The number of nitrogens with zero attached hydrogens (tertiary/aromatic N) is 2. The third-order valence-corrected chi connectivity index (χ3v) is 9.01. The molecular weight excluding hydrogens is 679 g/mol. The van der Waals surface area contributed by atoms with E-state index in [0.29, 0.717) is 34.8 Å². The number of aliphatic imine (C=N–C) groups is 1. The first-order valence-corrected chi connectivity index (χ1v) is 16.3. The van der Waals surface area contributed by atoms with Crippen molar-refractivity contribution in [3.63, 3.8) is 0 Å². The molecule has 0 aliphatic carbocycles. The van der Waals surface area contributed by atoms with Gasteiger partial charge in [0.1, 0.15) is 6.61 Å². The van der Waals surface area contributed by atoms with Gasteiger partial charge in [-0.05, 0) is 119 Å². The summed E-state index contributed by atoms with van der Waals surface area (Å²) < 4.78 is 13.3. The Bertz CT molecular complexity index is 1890. The maximum absolute atomic E-state index is 13.9. The van der Waals surface area contributed by atoms with Crippen molar-refractivity contribution in [2.45, 2.75) is 27.4 Å². The Hall–Kier alpha value is -4.08. The van der Waals surface area contributed by atoms with Gasteiger partial charge >= 0.3 is 0 Å². The van der Waals surface area contributed by atoms with Crippen molar-refractivity contribution in [1.29, 1.82) is 0 Å². The number of fused-ring (bicyclic) bond motifs is 1. The van der Waals surface area contributed by atoms with Crippen LogP contribution in [-0.2, 0) is 11.4 Å². The fraction of sp³-hybridized carbons (Fsp3) is 0.135. The molecule has 1 saturated heterocycles. The van der Waals surface area contributed by atoms with E-state index in [2.05, 4.69) is 52.9 Å². The lowest BCUT2D eigenvalue weighted by molar-refractivity contribution is -0.113. The average Bonchev–Trinajstić information content (AvgIpc) is 3.32. The molecule has 1 aliphatic heterocycles. The Morgan fingerprint density at radius 2 is 1.57 bits per heavy atom. The molecule has 0 atom stereocenters. The number of carbonyl (C=O) groups excluding carboxylic acids is 1. The van der Waals surface area contributed by atoms with Crippen LogP contribution in [0.1, 0.15) is 29.2 Å². The van der Waals surface area contributed by atoms with E-state index in [0.717, 1.165) is 37.2 Å². The van der Waals surface area contributed by atoms with Gasteiger partial charge in [-0.25, -0.2) is 4.99 Å². The van der Waals surface area contributed by atoms with E-state index in [1.165, 1.54) is 22.5 Å². The van der Waals surface area contributed by atoms with Gasteiger partial charge in [-0.1, -0.05) is 77.9 Å². The highest BCUT2D eigenvalue weighted by Crippen LogP contribution is 2.40. The fourth-order valence-electron chi connectivity index (χ4n) is 4.99. The molecule has 0 spiro atoms. The van der Waals surface area contributed by atoms with Crippen LogP contribution >= 0.6 is 34.4 Å². The molecular formula is C37H31IN2O3S. The van der Waals surface area contributed by atoms with Crippen molar-refractivity contribution in [3.8, 4) is 11.5 Å². The average molecular weight is 711 g/mol. The van der Waals surface area contributed by atoms with Crippen LogP contribution in [0.3, 0.4) is 0 Å². The molecule has 44 heavy (non-hydrogen) atoms. The molecule has 7 heteroatoms. The van der Waals surface area contributed by atoms with E-state index in [4.69, 9.17) is 14.5 Å². The first-order chi connectivity index (χ1) is 21.4. The third kappa shape index (κ3) is 6.54. The van der Waals surface area contributed by atoms with Gasteiger partial charge in [0.2, 0.25) is 0 Å². The van der Waals surface area contributed by atoms with Crippen molar-refractivity contribution in [1.82, 2.24) is 0 Å². The van der Waals surface area contributed by atoms with Gasteiger partial charge in [-0.3, -0.25) is 9.69 Å². The molecule has 220 valence electrons. The van der Waals surface area contributed by atoms with Crippen molar-refractivity contribution in [3.05, 3.63) is 134 Å². The molecule has 6 rings (SSSR count). The highest BCUT2D eigenvalue weighted by atomic mass is 127. The largest absolute Gasteiger partial charge is 0.490 e. The lowest BCUT2D eigenvalue weighted by atomic mass is 10.1. The zero-order chi connectivity index (χ0) is 30.6. The van der Waals surface area contributed by atoms with Gasteiger partial charge in [0.05, 0.1) is 26.5 Å². The van der Waals surface area contributed by atoms with Crippen LogP contribution in [0.15, 0.2) is 113 Å². The summed E-state index contributed by atoms with van der Waals surface area (Å²) in [7, 11) is 0. The second-order valence-electron chi connectivity index (χ2n) is 10.5. The summed E-state index contributed by atoms with van der Waals surface area (Å²) in [6, 6.07) is 34.4. The summed E-state index contributed by atoms with van der Waals surface area (Å²) in [6.45, 7) is 6.93. The summed E-state index contributed by atoms with van der Waals surface area (Å²) in [4.78, 5) is 21.0. The SMILES string of the molecule is CCOc1cc(/C=C2\SC(=Nc3ccc(C)cc3)N(c3ccc(C)cc3)C2=O)cc(I)c1OCc1cccc2ccccc12. The van der Waals surface area contributed by atoms with Crippen molar-refractivity contribution in [2.75, 3.05) is 11.5 Å². The minimum atomic E-state index is -0.117. The van der Waals surface area contributed by atoms with E-state index in [1.54, 1.807) is 4.90 Å². The highest BCUT2D eigenvalue weighted by molar-refractivity contribution is 14.1. The first kappa shape index (κ1) is 30.0. The van der Waals surface area contributed by atoms with E-state index in [9.17, 15) is 4.79 Å². The number of hydrogen-bond acceptors (Lipinski definition) is 5. The number of benzene rings is 5. The van der Waals surface area contributed by atoms with Gasteiger partial charge in [-0.2, -0.15) is 0 Å². The predicted octanol–water partition coefficient (Wildman–Crippen LogP) is 9.85.